The highest BCUT2D eigenvalue weighted by Gasteiger charge is 2.14. The molecule has 0 saturated heterocycles. The van der Waals surface area contributed by atoms with Gasteiger partial charge in [-0.25, -0.2) is 8.42 Å². The van der Waals surface area contributed by atoms with Gasteiger partial charge in [0.05, 0.1) is 11.5 Å². The molecule has 0 fully saturated rings. The second kappa shape index (κ2) is 8.91. The summed E-state index contributed by atoms with van der Waals surface area (Å²) in [6, 6.07) is 6.57. The third kappa shape index (κ3) is 6.60. The average Bonchev–Trinajstić information content (AvgIpc) is 2.50. The van der Waals surface area contributed by atoms with Crippen LogP contribution in [0.25, 0.3) is 0 Å². The van der Waals surface area contributed by atoms with Crippen molar-refractivity contribution in [3.05, 3.63) is 24.3 Å². The number of sulfone groups is 1. The summed E-state index contributed by atoms with van der Waals surface area (Å²) in [7, 11) is -1.34. The van der Waals surface area contributed by atoms with Gasteiger partial charge in [-0.15, -0.1) is 0 Å². The highest BCUT2D eigenvalue weighted by molar-refractivity contribution is 7.90. The lowest BCUT2D eigenvalue weighted by molar-refractivity contribution is -0.132. The number of benzene rings is 1. The molecule has 0 unspecified atom stereocenters. The summed E-state index contributed by atoms with van der Waals surface area (Å²) in [4.78, 5) is 14.1. The van der Waals surface area contributed by atoms with Crippen molar-refractivity contribution in [2.45, 2.75) is 50.5 Å². The first-order valence-corrected chi connectivity index (χ1v) is 9.83. The van der Waals surface area contributed by atoms with E-state index in [2.05, 4.69) is 13.8 Å². The van der Waals surface area contributed by atoms with Crippen molar-refractivity contribution in [1.29, 1.82) is 0 Å². The Labute approximate surface area is 139 Å². The zero-order valence-electron chi connectivity index (χ0n) is 14.4. The number of nitrogens with zero attached hydrogens (tertiary/aromatic N) is 1. The summed E-state index contributed by atoms with van der Waals surface area (Å²) < 4.78 is 28.3. The van der Waals surface area contributed by atoms with E-state index < -0.39 is 9.84 Å². The van der Waals surface area contributed by atoms with Crippen LogP contribution in [-0.4, -0.2) is 45.2 Å². The Balaban J connectivity index is 2.36. The molecule has 1 aromatic rings. The predicted octanol–water partition coefficient (Wildman–Crippen LogP) is 2.90. The van der Waals surface area contributed by atoms with Gasteiger partial charge in [0, 0.05) is 25.8 Å². The lowest BCUT2D eigenvalue weighted by Gasteiger charge is -2.24. The van der Waals surface area contributed by atoms with Gasteiger partial charge in [0.2, 0.25) is 5.91 Å². The number of carbonyl (C=O) groups excluding carboxylic acids is 1. The van der Waals surface area contributed by atoms with E-state index in [1.165, 1.54) is 18.4 Å². The zero-order valence-corrected chi connectivity index (χ0v) is 15.2. The normalized spacial score (nSPS) is 12.7. The average molecular weight is 341 g/mol. The van der Waals surface area contributed by atoms with Crippen LogP contribution in [0.15, 0.2) is 29.2 Å². The van der Waals surface area contributed by atoms with Crippen LogP contribution < -0.4 is 4.74 Å². The fourth-order valence-electron chi connectivity index (χ4n) is 2.23. The van der Waals surface area contributed by atoms with Crippen LogP contribution in [0.5, 0.6) is 5.75 Å². The molecule has 6 heteroatoms. The molecular formula is C17H27NO4S. The fraction of sp³-hybridized carbons (Fsp3) is 0.588. The summed E-state index contributed by atoms with van der Waals surface area (Å²) in [6.07, 6.45) is 4.32. The van der Waals surface area contributed by atoms with E-state index in [0.29, 0.717) is 25.2 Å². The molecule has 0 spiro atoms. The van der Waals surface area contributed by atoms with Gasteiger partial charge in [0.15, 0.2) is 9.84 Å². The van der Waals surface area contributed by atoms with E-state index in [1.807, 2.05) is 7.05 Å². The van der Waals surface area contributed by atoms with Gasteiger partial charge in [0.25, 0.3) is 0 Å². The minimum Gasteiger partial charge on any atom is -0.494 e. The van der Waals surface area contributed by atoms with Crippen LogP contribution in [0.1, 0.15) is 39.5 Å². The first-order valence-electron chi connectivity index (χ1n) is 7.94. The number of hydrogen-bond acceptors (Lipinski definition) is 4. The van der Waals surface area contributed by atoms with E-state index in [-0.39, 0.29) is 16.8 Å². The van der Waals surface area contributed by atoms with Gasteiger partial charge in [-0.1, -0.05) is 13.3 Å². The molecule has 0 saturated carbocycles. The maximum absolute atomic E-state index is 12.0. The Morgan fingerprint density at radius 3 is 2.39 bits per heavy atom. The van der Waals surface area contributed by atoms with Gasteiger partial charge < -0.3 is 9.64 Å². The van der Waals surface area contributed by atoms with Crippen molar-refractivity contribution < 1.29 is 17.9 Å². The van der Waals surface area contributed by atoms with Crippen molar-refractivity contribution in [1.82, 2.24) is 4.90 Å². The lowest BCUT2D eigenvalue weighted by atomic mass is 10.1. The molecule has 5 nitrogen and oxygen atoms in total. The van der Waals surface area contributed by atoms with Gasteiger partial charge in [-0.05, 0) is 44.0 Å². The smallest absolute Gasteiger partial charge is 0.222 e. The largest absolute Gasteiger partial charge is 0.494 e. The Morgan fingerprint density at radius 1 is 1.26 bits per heavy atom. The van der Waals surface area contributed by atoms with Gasteiger partial charge in [0.1, 0.15) is 5.75 Å². The minimum absolute atomic E-state index is 0.127. The fourth-order valence-corrected chi connectivity index (χ4v) is 2.86. The third-order valence-electron chi connectivity index (χ3n) is 3.82. The molecule has 0 aliphatic rings. The molecule has 1 amide bonds. The topological polar surface area (TPSA) is 63.7 Å². The first kappa shape index (κ1) is 19.5. The molecule has 0 radical (unpaired) electrons. The maximum Gasteiger partial charge on any atom is 0.222 e. The van der Waals surface area contributed by atoms with Crippen molar-refractivity contribution in [3.8, 4) is 5.75 Å². The van der Waals surface area contributed by atoms with Crippen LogP contribution in [-0.2, 0) is 14.6 Å². The molecule has 1 aromatic carbocycles. The second-order valence-electron chi connectivity index (χ2n) is 5.84. The maximum atomic E-state index is 12.0. The summed E-state index contributed by atoms with van der Waals surface area (Å²) in [5.74, 6) is 0.736. The monoisotopic (exact) mass is 341 g/mol. The summed E-state index contributed by atoms with van der Waals surface area (Å²) in [5, 5.41) is 0. The van der Waals surface area contributed by atoms with Crippen molar-refractivity contribution in [3.63, 3.8) is 0 Å². The van der Waals surface area contributed by atoms with E-state index in [9.17, 15) is 13.2 Å². The van der Waals surface area contributed by atoms with E-state index in [0.717, 1.165) is 12.8 Å². The lowest BCUT2D eigenvalue weighted by Crippen LogP contribution is -2.34. The second-order valence-corrected chi connectivity index (χ2v) is 7.85. The number of amides is 1. The number of ether oxygens (including phenoxy) is 1. The van der Waals surface area contributed by atoms with Crippen LogP contribution in [0, 0.1) is 0 Å². The molecule has 1 rings (SSSR count). The summed E-state index contributed by atoms with van der Waals surface area (Å²) in [5.41, 5.74) is 0. The molecule has 0 aromatic heterocycles. The SMILES string of the molecule is CCC[C@@H](C)N(C)C(=O)CCCOc1ccc(S(C)(=O)=O)cc1. The molecule has 0 bridgehead atoms. The Bertz CT molecular complexity index is 596. The first-order chi connectivity index (χ1) is 10.8. The van der Waals surface area contributed by atoms with Crippen molar-refractivity contribution in [2.75, 3.05) is 19.9 Å². The number of carbonyl (C=O) groups is 1. The van der Waals surface area contributed by atoms with Gasteiger partial charge in [-0.2, -0.15) is 0 Å². The van der Waals surface area contributed by atoms with E-state index >= 15 is 0 Å². The summed E-state index contributed by atoms with van der Waals surface area (Å²) >= 11 is 0. The molecule has 23 heavy (non-hydrogen) atoms. The standard InChI is InChI=1S/C17H27NO4S/c1-5-7-14(2)18(3)17(19)8-6-13-22-15-9-11-16(12-10-15)23(4,20)21/h9-12,14H,5-8,13H2,1-4H3/t14-/m1/s1. The molecule has 130 valence electrons. The van der Waals surface area contributed by atoms with Crippen LogP contribution in [0.3, 0.4) is 0 Å². The zero-order chi connectivity index (χ0) is 17.5. The molecular weight excluding hydrogens is 314 g/mol. The highest BCUT2D eigenvalue weighted by Crippen LogP contribution is 2.16. The Kier molecular flexibility index (Phi) is 7.55. The highest BCUT2D eigenvalue weighted by atomic mass is 32.2. The molecule has 0 aliphatic heterocycles. The quantitative estimate of drug-likeness (QED) is 0.648. The number of hydrogen-bond donors (Lipinski definition) is 0. The minimum atomic E-state index is -3.18. The van der Waals surface area contributed by atoms with Gasteiger partial charge >= 0.3 is 0 Å². The van der Waals surface area contributed by atoms with Gasteiger partial charge in [-0.3, -0.25) is 4.79 Å². The molecule has 0 aliphatic carbocycles. The third-order valence-corrected chi connectivity index (χ3v) is 4.95. The van der Waals surface area contributed by atoms with E-state index in [1.54, 1.807) is 17.0 Å². The number of rotatable bonds is 9. The molecule has 0 N–H and O–H groups in total. The predicted molar refractivity (Wildman–Crippen MR) is 91.4 cm³/mol. The van der Waals surface area contributed by atoms with Crippen molar-refractivity contribution in [2.24, 2.45) is 0 Å². The van der Waals surface area contributed by atoms with Crippen LogP contribution in [0.4, 0.5) is 0 Å². The molecule has 0 heterocycles. The summed E-state index contributed by atoms with van der Waals surface area (Å²) in [6.45, 7) is 4.60. The van der Waals surface area contributed by atoms with Crippen LogP contribution in [0.2, 0.25) is 0 Å². The Hall–Kier alpha value is -1.56. The van der Waals surface area contributed by atoms with Crippen LogP contribution >= 0.6 is 0 Å². The molecule has 1 atom stereocenters. The van der Waals surface area contributed by atoms with Crippen molar-refractivity contribution >= 4 is 15.7 Å². The Morgan fingerprint density at radius 2 is 1.87 bits per heavy atom. The van der Waals surface area contributed by atoms with E-state index in [4.69, 9.17) is 4.74 Å².